The van der Waals surface area contributed by atoms with Crippen LogP contribution in [0.15, 0.2) is 66.7 Å². The van der Waals surface area contributed by atoms with Gasteiger partial charge in [0.25, 0.3) is 5.91 Å². The Morgan fingerprint density at radius 3 is 2.44 bits per heavy atom. The van der Waals surface area contributed by atoms with E-state index in [1.54, 1.807) is 37.1 Å². The third kappa shape index (κ3) is 10.7. The lowest BCUT2D eigenvalue weighted by Gasteiger charge is -2.36. The minimum atomic E-state index is -0.544. The molecule has 0 aromatic heterocycles. The second kappa shape index (κ2) is 17.8. The Balaban J connectivity index is 1.57. The summed E-state index contributed by atoms with van der Waals surface area (Å²) in [7, 11) is 3.71. The maximum atomic E-state index is 14.4. The Hall–Kier alpha value is -4.19. The van der Waals surface area contributed by atoms with Crippen LogP contribution in [-0.2, 0) is 11.3 Å². The van der Waals surface area contributed by atoms with E-state index in [-0.39, 0.29) is 36.2 Å². The number of halogens is 1. The molecular formula is C37H49FN4O6. The van der Waals surface area contributed by atoms with Crippen molar-refractivity contribution in [1.29, 1.82) is 0 Å². The van der Waals surface area contributed by atoms with Crippen LogP contribution in [0.3, 0.4) is 0 Å². The summed E-state index contributed by atoms with van der Waals surface area (Å²) in [5.74, 6) is 0.411. The Morgan fingerprint density at radius 1 is 1.06 bits per heavy atom. The number of hydrogen-bond acceptors (Lipinski definition) is 7. The molecule has 3 amide bonds. The van der Waals surface area contributed by atoms with E-state index in [0.29, 0.717) is 36.8 Å². The van der Waals surface area contributed by atoms with Crippen LogP contribution < -0.4 is 20.1 Å². The molecule has 3 aromatic carbocycles. The van der Waals surface area contributed by atoms with Crippen LogP contribution in [0.25, 0.3) is 0 Å². The van der Waals surface area contributed by atoms with Crippen molar-refractivity contribution in [2.24, 2.45) is 5.92 Å². The molecule has 0 aliphatic carbocycles. The predicted octanol–water partition coefficient (Wildman–Crippen LogP) is 6.41. The molecule has 10 nitrogen and oxygen atoms in total. The normalized spacial score (nSPS) is 19.9. The molecule has 0 saturated carbocycles. The summed E-state index contributed by atoms with van der Waals surface area (Å²) in [5, 5.41) is 15.7. The largest absolute Gasteiger partial charge is 0.497 e. The molecule has 3 N–H and O–H groups in total. The quantitative estimate of drug-likeness (QED) is 0.243. The molecule has 260 valence electrons. The average Bonchev–Trinajstić information content (AvgIpc) is 3.07. The molecule has 4 rings (SSSR count). The molecule has 48 heavy (non-hydrogen) atoms. The molecule has 0 saturated heterocycles. The number of fused-ring (bicyclic) bond motifs is 1. The van der Waals surface area contributed by atoms with Crippen molar-refractivity contribution in [3.63, 3.8) is 0 Å². The monoisotopic (exact) mass is 664 g/mol. The van der Waals surface area contributed by atoms with Gasteiger partial charge in [0.2, 0.25) is 0 Å². The average molecular weight is 665 g/mol. The Kier molecular flexibility index (Phi) is 13.6. The zero-order valence-corrected chi connectivity index (χ0v) is 28.6. The van der Waals surface area contributed by atoms with Gasteiger partial charge in [0.05, 0.1) is 37.5 Å². The number of anilines is 2. The molecule has 1 heterocycles. The van der Waals surface area contributed by atoms with Gasteiger partial charge in [0, 0.05) is 43.5 Å². The van der Waals surface area contributed by atoms with Gasteiger partial charge in [-0.15, -0.1) is 0 Å². The van der Waals surface area contributed by atoms with E-state index < -0.39 is 17.9 Å². The van der Waals surface area contributed by atoms with Crippen LogP contribution in [-0.4, -0.2) is 85.6 Å². The lowest BCUT2D eigenvalue weighted by molar-refractivity contribution is -0.0177. The van der Waals surface area contributed by atoms with Crippen LogP contribution in [0.5, 0.6) is 11.5 Å². The van der Waals surface area contributed by atoms with E-state index in [4.69, 9.17) is 14.2 Å². The Bertz CT molecular complexity index is 1470. The van der Waals surface area contributed by atoms with E-state index in [1.165, 1.54) is 24.3 Å². The molecule has 11 heteroatoms. The van der Waals surface area contributed by atoms with Crippen molar-refractivity contribution in [2.45, 2.75) is 64.8 Å². The molecule has 0 bridgehead atoms. The van der Waals surface area contributed by atoms with Gasteiger partial charge in [-0.05, 0) is 100 Å². The fourth-order valence-corrected chi connectivity index (χ4v) is 5.70. The van der Waals surface area contributed by atoms with E-state index in [1.807, 2.05) is 31.2 Å². The van der Waals surface area contributed by atoms with Gasteiger partial charge in [0.15, 0.2) is 0 Å². The standard InChI is InChI=1S/C37H49FN4O6/c1-25-21-42(26(2)24-43)36(44)33-20-31(40-37(45)39-30-13-11-29(38)12-14-30)15-18-34(33)48-27(3)8-6-7-19-47-35(25)23-41(4)22-28-9-16-32(46-5)17-10-28/h9-18,20,25-27,35,43H,6-8,19,21-24H2,1-5H3,(H2,39,40,45)/t25-,26-,27+,35-/m0/s1. The minimum absolute atomic E-state index is 0.0738. The summed E-state index contributed by atoms with van der Waals surface area (Å²) < 4.78 is 31.4. The van der Waals surface area contributed by atoms with Crippen LogP contribution >= 0.6 is 0 Å². The van der Waals surface area contributed by atoms with E-state index >= 15 is 0 Å². The fraction of sp³-hybridized carbons (Fsp3) is 0.459. The van der Waals surface area contributed by atoms with Crippen LogP contribution in [0.4, 0.5) is 20.6 Å². The number of rotatable bonds is 9. The maximum Gasteiger partial charge on any atom is 0.323 e. The third-order valence-electron chi connectivity index (χ3n) is 8.51. The van der Waals surface area contributed by atoms with Gasteiger partial charge < -0.3 is 34.9 Å². The van der Waals surface area contributed by atoms with Crippen molar-refractivity contribution >= 4 is 23.3 Å². The number of benzene rings is 3. The highest BCUT2D eigenvalue weighted by Gasteiger charge is 2.30. The van der Waals surface area contributed by atoms with E-state index in [2.05, 4.69) is 29.5 Å². The predicted molar refractivity (Wildman–Crippen MR) is 185 cm³/mol. The molecular weight excluding hydrogens is 615 g/mol. The first kappa shape index (κ1) is 36.6. The van der Waals surface area contributed by atoms with Crippen LogP contribution in [0, 0.1) is 11.7 Å². The van der Waals surface area contributed by atoms with E-state index in [9.17, 15) is 19.1 Å². The number of likely N-dealkylation sites (N-methyl/N-ethyl adjacent to an activating group) is 1. The molecule has 1 aliphatic heterocycles. The summed E-state index contributed by atoms with van der Waals surface area (Å²) in [6.45, 7) is 7.91. The summed E-state index contributed by atoms with van der Waals surface area (Å²) in [5.41, 5.74) is 2.23. The summed E-state index contributed by atoms with van der Waals surface area (Å²) >= 11 is 0. The lowest BCUT2D eigenvalue weighted by Crippen LogP contribution is -2.47. The first-order valence-corrected chi connectivity index (χ1v) is 16.6. The van der Waals surface area contributed by atoms with E-state index in [0.717, 1.165) is 37.1 Å². The molecule has 0 fully saturated rings. The highest BCUT2D eigenvalue weighted by Crippen LogP contribution is 2.29. The van der Waals surface area contributed by atoms with Gasteiger partial charge in [-0.3, -0.25) is 9.69 Å². The number of carbonyl (C=O) groups excluding carboxylic acids is 2. The smallest absolute Gasteiger partial charge is 0.323 e. The number of aliphatic hydroxyl groups excluding tert-OH is 1. The number of aliphatic hydroxyl groups is 1. The number of urea groups is 1. The number of nitrogens with one attached hydrogen (secondary N) is 2. The topological polar surface area (TPSA) is 113 Å². The number of carbonyl (C=O) groups is 2. The second-order valence-electron chi connectivity index (χ2n) is 12.6. The number of ether oxygens (including phenoxy) is 3. The van der Waals surface area contributed by atoms with Gasteiger partial charge in [-0.2, -0.15) is 0 Å². The number of nitrogens with zero attached hydrogens (tertiary/aromatic N) is 2. The first-order chi connectivity index (χ1) is 23.1. The maximum absolute atomic E-state index is 14.4. The van der Waals surface area contributed by atoms with Crippen LogP contribution in [0.2, 0.25) is 0 Å². The van der Waals surface area contributed by atoms with Crippen molar-refractivity contribution in [1.82, 2.24) is 9.80 Å². The Labute approximate surface area is 283 Å². The van der Waals surface area contributed by atoms with Gasteiger partial charge >= 0.3 is 6.03 Å². The Morgan fingerprint density at radius 2 is 1.75 bits per heavy atom. The zero-order valence-electron chi connectivity index (χ0n) is 28.6. The first-order valence-electron chi connectivity index (χ1n) is 16.6. The van der Waals surface area contributed by atoms with Crippen molar-refractivity contribution in [2.75, 3.05) is 51.1 Å². The SMILES string of the molecule is COc1ccc(CN(C)C[C@@H]2OCCCC[C@@H](C)Oc3ccc(NC(=O)Nc4ccc(F)cc4)cc3C(=O)N([C@@H](C)CO)C[C@@H]2C)cc1. The lowest BCUT2D eigenvalue weighted by atomic mass is 10.0. The number of methoxy groups -OCH3 is 1. The van der Waals surface area contributed by atoms with Gasteiger partial charge in [0.1, 0.15) is 17.3 Å². The fourth-order valence-electron chi connectivity index (χ4n) is 5.70. The van der Waals surface area contributed by atoms with Gasteiger partial charge in [-0.1, -0.05) is 19.1 Å². The van der Waals surface area contributed by atoms with Crippen molar-refractivity contribution < 1.29 is 33.3 Å². The molecule has 1 aliphatic rings. The summed E-state index contributed by atoms with van der Waals surface area (Å²) in [6.07, 6.45) is 2.19. The summed E-state index contributed by atoms with van der Waals surface area (Å²) in [4.78, 5) is 31.0. The second-order valence-corrected chi connectivity index (χ2v) is 12.6. The van der Waals surface area contributed by atoms with Gasteiger partial charge in [-0.25, -0.2) is 9.18 Å². The molecule has 0 unspecified atom stereocenters. The minimum Gasteiger partial charge on any atom is -0.497 e. The van der Waals surface area contributed by atoms with Crippen molar-refractivity contribution in [3.8, 4) is 11.5 Å². The molecule has 0 spiro atoms. The highest BCUT2D eigenvalue weighted by molar-refractivity contribution is 6.02. The summed E-state index contributed by atoms with van der Waals surface area (Å²) in [6, 6.07) is 17.3. The number of hydrogen-bond donors (Lipinski definition) is 3. The van der Waals surface area contributed by atoms with Crippen LogP contribution in [0.1, 0.15) is 56.0 Å². The highest BCUT2D eigenvalue weighted by atomic mass is 19.1. The number of amides is 3. The third-order valence-corrected chi connectivity index (χ3v) is 8.51. The zero-order chi connectivity index (χ0) is 34.6. The molecule has 3 aromatic rings. The molecule has 4 atom stereocenters. The van der Waals surface area contributed by atoms with Crippen molar-refractivity contribution in [3.05, 3.63) is 83.7 Å². The molecule has 0 radical (unpaired) electrons.